The molecule has 1 radical (unpaired) electrons. The molecule has 1 saturated heterocycles. The molecular weight excluding hydrogens is 116 g/mol. The van der Waals surface area contributed by atoms with E-state index in [9.17, 15) is 0 Å². The average Bonchev–Trinajstić information content (AvgIpc) is 1.91. The lowest BCUT2D eigenvalue weighted by atomic mass is 10.2. The molecule has 9 heavy (non-hydrogen) atoms. The van der Waals surface area contributed by atoms with Gasteiger partial charge in [-0.2, -0.15) is 5.26 Å². The van der Waals surface area contributed by atoms with E-state index in [0.29, 0.717) is 19.6 Å². The molecule has 3 heteroatoms. The van der Waals surface area contributed by atoms with Gasteiger partial charge >= 0.3 is 0 Å². The topological polar surface area (TPSA) is 47.1 Å². The van der Waals surface area contributed by atoms with E-state index in [1.807, 2.05) is 0 Å². The van der Waals surface area contributed by atoms with Crippen molar-refractivity contribution in [3.8, 4) is 6.07 Å². The van der Waals surface area contributed by atoms with Crippen LogP contribution in [0.2, 0.25) is 0 Å². The molecule has 1 atom stereocenters. The van der Waals surface area contributed by atoms with Crippen LogP contribution in [0.5, 0.6) is 0 Å². The van der Waals surface area contributed by atoms with Gasteiger partial charge < -0.3 is 4.74 Å². The van der Waals surface area contributed by atoms with Crippen molar-refractivity contribution in [1.29, 1.82) is 5.26 Å². The number of nitrogens with zero attached hydrogens (tertiary/aromatic N) is 2. The monoisotopic (exact) mass is 125 g/mol. The van der Waals surface area contributed by atoms with Crippen molar-refractivity contribution in [2.45, 2.75) is 12.5 Å². The highest BCUT2D eigenvalue weighted by Gasteiger charge is 2.12. The quantitative estimate of drug-likeness (QED) is 0.491. The summed E-state index contributed by atoms with van der Waals surface area (Å²) in [5.74, 6) is 0. The first-order valence-corrected chi connectivity index (χ1v) is 3.05. The van der Waals surface area contributed by atoms with Crippen LogP contribution < -0.4 is 5.32 Å². The van der Waals surface area contributed by atoms with E-state index in [-0.39, 0.29) is 6.10 Å². The Labute approximate surface area is 54.6 Å². The first-order chi connectivity index (χ1) is 4.43. The summed E-state index contributed by atoms with van der Waals surface area (Å²) in [6, 6.07) is 2.05. The summed E-state index contributed by atoms with van der Waals surface area (Å²) < 4.78 is 5.20. The molecule has 0 aromatic carbocycles. The molecule has 3 nitrogen and oxygen atoms in total. The maximum absolute atomic E-state index is 8.25. The van der Waals surface area contributed by atoms with Crippen molar-refractivity contribution in [3.05, 3.63) is 0 Å². The molecule has 0 amide bonds. The van der Waals surface area contributed by atoms with Gasteiger partial charge in [0.15, 0.2) is 0 Å². The van der Waals surface area contributed by atoms with Gasteiger partial charge in [0.1, 0.15) is 0 Å². The highest BCUT2D eigenvalue weighted by Crippen LogP contribution is 1.99. The van der Waals surface area contributed by atoms with Crippen LogP contribution in [0.4, 0.5) is 0 Å². The molecule has 1 fully saturated rings. The lowest BCUT2D eigenvalue weighted by molar-refractivity contribution is 0.0303. The second-order valence-electron chi connectivity index (χ2n) is 1.98. The van der Waals surface area contributed by atoms with Gasteiger partial charge in [0.2, 0.25) is 0 Å². The van der Waals surface area contributed by atoms with E-state index in [4.69, 9.17) is 10.00 Å². The minimum absolute atomic E-state index is 0.0729. The van der Waals surface area contributed by atoms with Crippen molar-refractivity contribution < 1.29 is 4.74 Å². The Morgan fingerprint density at radius 2 is 2.67 bits per heavy atom. The SMILES string of the molecule is N#CCC1C[N]CCO1. The van der Waals surface area contributed by atoms with Crippen LogP contribution in [-0.2, 0) is 4.74 Å². The van der Waals surface area contributed by atoms with E-state index in [0.717, 1.165) is 6.54 Å². The third-order valence-corrected chi connectivity index (χ3v) is 1.25. The van der Waals surface area contributed by atoms with Gasteiger partial charge in [-0.15, -0.1) is 0 Å². The molecule has 1 rings (SSSR count). The van der Waals surface area contributed by atoms with Crippen LogP contribution in [0, 0.1) is 11.3 Å². The number of nitriles is 1. The average molecular weight is 125 g/mol. The van der Waals surface area contributed by atoms with Gasteiger partial charge in [0.25, 0.3) is 0 Å². The molecule has 0 aliphatic carbocycles. The number of morpholine rings is 1. The number of ether oxygens (including phenoxy) is 1. The zero-order valence-electron chi connectivity index (χ0n) is 5.21. The Morgan fingerprint density at radius 1 is 1.78 bits per heavy atom. The molecule has 1 aliphatic rings. The maximum Gasteiger partial charge on any atom is 0.0846 e. The fourth-order valence-electron chi connectivity index (χ4n) is 0.797. The van der Waals surface area contributed by atoms with Crippen LogP contribution >= 0.6 is 0 Å². The number of hydrogen-bond donors (Lipinski definition) is 0. The summed E-state index contributed by atoms with van der Waals surface area (Å²) in [4.78, 5) is 0. The molecule has 1 aliphatic heterocycles. The normalized spacial score (nSPS) is 27.2. The molecule has 0 N–H and O–H groups in total. The highest BCUT2D eigenvalue weighted by atomic mass is 16.5. The Balaban J connectivity index is 2.17. The molecule has 0 aromatic heterocycles. The second-order valence-corrected chi connectivity index (χ2v) is 1.98. The van der Waals surface area contributed by atoms with E-state index < -0.39 is 0 Å². The second kappa shape index (κ2) is 3.44. The molecule has 1 heterocycles. The predicted octanol–water partition coefficient (Wildman–Crippen LogP) is -0.0967. The third kappa shape index (κ3) is 2.00. The zero-order chi connectivity index (χ0) is 6.53. The molecule has 0 saturated carbocycles. The largest absolute Gasteiger partial charge is 0.374 e. The first kappa shape index (κ1) is 6.53. The van der Waals surface area contributed by atoms with E-state index in [2.05, 4.69) is 11.4 Å². The Hall–Kier alpha value is -0.590. The van der Waals surface area contributed by atoms with Crippen LogP contribution in [0.15, 0.2) is 0 Å². The van der Waals surface area contributed by atoms with Crippen LogP contribution in [0.1, 0.15) is 6.42 Å². The van der Waals surface area contributed by atoms with Crippen LogP contribution in [0.3, 0.4) is 0 Å². The Morgan fingerprint density at radius 3 is 3.22 bits per heavy atom. The van der Waals surface area contributed by atoms with Gasteiger partial charge in [0.05, 0.1) is 25.2 Å². The lowest BCUT2D eigenvalue weighted by Crippen LogP contribution is -2.33. The molecular formula is C6H9N2O. The van der Waals surface area contributed by atoms with Crippen molar-refractivity contribution in [1.82, 2.24) is 5.32 Å². The standard InChI is InChI=1S/C6H9N2O/c7-2-1-6-5-8-3-4-9-6/h6H,1,3-5H2. The first-order valence-electron chi connectivity index (χ1n) is 3.05. The van der Waals surface area contributed by atoms with E-state index >= 15 is 0 Å². The van der Waals surface area contributed by atoms with Gasteiger partial charge in [-0.1, -0.05) is 0 Å². The Kier molecular flexibility index (Phi) is 2.49. The maximum atomic E-state index is 8.25. The smallest absolute Gasteiger partial charge is 0.0846 e. The fraction of sp³-hybridized carbons (Fsp3) is 0.833. The van der Waals surface area contributed by atoms with Crippen molar-refractivity contribution >= 4 is 0 Å². The Bertz CT molecular complexity index is 113. The summed E-state index contributed by atoms with van der Waals surface area (Å²) in [5, 5.41) is 12.3. The molecule has 0 aromatic rings. The zero-order valence-corrected chi connectivity index (χ0v) is 5.21. The summed E-state index contributed by atoms with van der Waals surface area (Å²) in [7, 11) is 0. The summed E-state index contributed by atoms with van der Waals surface area (Å²) in [5.41, 5.74) is 0. The molecule has 49 valence electrons. The van der Waals surface area contributed by atoms with Gasteiger partial charge in [-0.05, 0) is 0 Å². The molecule has 0 spiro atoms. The van der Waals surface area contributed by atoms with Crippen molar-refractivity contribution in [2.24, 2.45) is 0 Å². The third-order valence-electron chi connectivity index (χ3n) is 1.25. The minimum Gasteiger partial charge on any atom is -0.374 e. The summed E-state index contributed by atoms with van der Waals surface area (Å²) in [6.07, 6.45) is 0.549. The predicted molar refractivity (Wildman–Crippen MR) is 31.8 cm³/mol. The highest BCUT2D eigenvalue weighted by molar-refractivity contribution is 4.79. The van der Waals surface area contributed by atoms with Crippen LogP contribution in [0.25, 0.3) is 0 Å². The van der Waals surface area contributed by atoms with Gasteiger partial charge in [-0.25, -0.2) is 5.32 Å². The summed E-state index contributed by atoms with van der Waals surface area (Å²) in [6.45, 7) is 2.18. The van der Waals surface area contributed by atoms with E-state index in [1.54, 1.807) is 0 Å². The van der Waals surface area contributed by atoms with Gasteiger partial charge in [0, 0.05) is 13.1 Å². The minimum atomic E-state index is 0.0729. The molecule has 0 bridgehead atoms. The van der Waals surface area contributed by atoms with Crippen molar-refractivity contribution in [2.75, 3.05) is 19.7 Å². The van der Waals surface area contributed by atoms with Crippen molar-refractivity contribution in [3.63, 3.8) is 0 Å². The fourth-order valence-corrected chi connectivity index (χ4v) is 0.797. The number of rotatable bonds is 1. The lowest BCUT2D eigenvalue weighted by Gasteiger charge is -2.19. The van der Waals surface area contributed by atoms with E-state index in [1.165, 1.54) is 0 Å². The van der Waals surface area contributed by atoms with Crippen LogP contribution in [-0.4, -0.2) is 25.8 Å². The molecule has 1 unspecified atom stereocenters. The summed E-state index contributed by atoms with van der Waals surface area (Å²) >= 11 is 0. The van der Waals surface area contributed by atoms with Gasteiger partial charge in [-0.3, -0.25) is 0 Å². The number of hydrogen-bond acceptors (Lipinski definition) is 2.